The van der Waals surface area contributed by atoms with Crippen molar-refractivity contribution in [3.8, 4) is 11.6 Å². The summed E-state index contributed by atoms with van der Waals surface area (Å²) in [6.07, 6.45) is 1.68. The molecule has 1 amide bonds. The highest BCUT2D eigenvalue weighted by atomic mass is 16.5. The number of aromatic nitrogens is 1. The molecular formula is C21H28N2O4. The molecule has 0 aliphatic heterocycles. The van der Waals surface area contributed by atoms with Crippen molar-refractivity contribution in [2.24, 2.45) is 0 Å². The molecule has 2 rings (SSSR count). The molecule has 2 aromatic rings. The molecule has 0 aliphatic carbocycles. The van der Waals surface area contributed by atoms with Crippen molar-refractivity contribution in [2.75, 3.05) is 26.9 Å². The predicted molar refractivity (Wildman–Crippen MR) is 104 cm³/mol. The van der Waals surface area contributed by atoms with E-state index in [2.05, 4.69) is 31.1 Å². The highest BCUT2D eigenvalue weighted by Crippen LogP contribution is 2.24. The summed E-state index contributed by atoms with van der Waals surface area (Å²) in [6, 6.07) is 11.5. The summed E-state index contributed by atoms with van der Waals surface area (Å²) in [4.78, 5) is 16.2. The van der Waals surface area contributed by atoms with Gasteiger partial charge in [0.1, 0.15) is 12.4 Å². The van der Waals surface area contributed by atoms with Crippen LogP contribution in [0.5, 0.6) is 11.6 Å². The third kappa shape index (κ3) is 7.27. The largest absolute Gasteiger partial charge is 0.484 e. The van der Waals surface area contributed by atoms with Gasteiger partial charge < -0.3 is 19.5 Å². The van der Waals surface area contributed by atoms with Crippen molar-refractivity contribution >= 4 is 5.91 Å². The molecule has 0 saturated heterocycles. The summed E-state index contributed by atoms with van der Waals surface area (Å²) < 4.78 is 15.9. The highest BCUT2D eigenvalue weighted by Gasteiger charge is 2.13. The van der Waals surface area contributed by atoms with E-state index in [0.717, 1.165) is 5.56 Å². The number of benzene rings is 1. The first-order chi connectivity index (χ1) is 12.9. The lowest BCUT2D eigenvalue weighted by molar-refractivity contribution is -0.123. The lowest BCUT2D eigenvalue weighted by atomic mass is 9.87. The molecule has 146 valence electrons. The van der Waals surface area contributed by atoms with Gasteiger partial charge in [0.25, 0.3) is 5.91 Å². The normalized spacial score (nSPS) is 11.1. The van der Waals surface area contributed by atoms with E-state index < -0.39 is 0 Å². The van der Waals surface area contributed by atoms with E-state index in [1.54, 1.807) is 19.4 Å². The van der Waals surface area contributed by atoms with E-state index in [4.69, 9.17) is 14.2 Å². The highest BCUT2D eigenvalue weighted by molar-refractivity contribution is 5.77. The molecule has 6 nitrogen and oxygen atoms in total. The minimum Gasteiger partial charge on any atom is -0.484 e. The number of nitrogens with one attached hydrogen (secondary N) is 1. The van der Waals surface area contributed by atoms with Crippen LogP contribution in [0.3, 0.4) is 0 Å². The molecule has 0 radical (unpaired) electrons. The monoisotopic (exact) mass is 372 g/mol. The zero-order valence-electron chi connectivity index (χ0n) is 16.5. The number of pyridine rings is 1. The summed E-state index contributed by atoms with van der Waals surface area (Å²) in [5.74, 6) is 1.02. The van der Waals surface area contributed by atoms with Gasteiger partial charge in [-0.2, -0.15) is 0 Å². The molecule has 0 unspecified atom stereocenters. The molecule has 1 heterocycles. The standard InChI is InChI=1S/C21H28N2O4/c1-21(2,3)17-6-8-18(9-7-17)27-15-19(24)22-13-16-5-10-20(23-14-16)26-12-11-25-4/h5-10,14H,11-13,15H2,1-4H3,(H,22,24). The summed E-state index contributed by atoms with van der Waals surface area (Å²) in [5.41, 5.74) is 2.20. The lowest BCUT2D eigenvalue weighted by Crippen LogP contribution is -2.28. The van der Waals surface area contributed by atoms with Crippen LogP contribution in [-0.4, -0.2) is 37.8 Å². The molecule has 0 saturated carbocycles. The molecule has 0 atom stereocenters. The topological polar surface area (TPSA) is 69.7 Å². The van der Waals surface area contributed by atoms with Gasteiger partial charge in [-0.1, -0.05) is 39.0 Å². The lowest BCUT2D eigenvalue weighted by Gasteiger charge is -2.19. The van der Waals surface area contributed by atoms with Gasteiger partial charge in [0.05, 0.1) is 6.61 Å². The molecule has 0 bridgehead atoms. The minimum atomic E-state index is -0.185. The third-order valence-corrected chi connectivity index (χ3v) is 3.91. The number of ether oxygens (including phenoxy) is 3. The van der Waals surface area contributed by atoms with Crippen LogP contribution in [0.25, 0.3) is 0 Å². The summed E-state index contributed by atoms with van der Waals surface area (Å²) in [7, 11) is 1.62. The molecule has 1 N–H and O–H groups in total. The van der Waals surface area contributed by atoms with Crippen LogP contribution in [-0.2, 0) is 21.5 Å². The third-order valence-electron chi connectivity index (χ3n) is 3.91. The fourth-order valence-corrected chi connectivity index (χ4v) is 2.28. The van der Waals surface area contributed by atoms with Crippen LogP contribution in [0.2, 0.25) is 0 Å². The zero-order chi connectivity index (χ0) is 19.7. The zero-order valence-corrected chi connectivity index (χ0v) is 16.5. The smallest absolute Gasteiger partial charge is 0.258 e. The Morgan fingerprint density at radius 3 is 2.37 bits per heavy atom. The SMILES string of the molecule is COCCOc1ccc(CNC(=O)COc2ccc(C(C)(C)C)cc2)cn1. The number of nitrogens with zero attached hydrogens (tertiary/aromatic N) is 1. The quantitative estimate of drug-likeness (QED) is 0.685. The minimum absolute atomic E-state index is 0.0273. The van der Waals surface area contributed by atoms with Gasteiger partial charge >= 0.3 is 0 Å². The van der Waals surface area contributed by atoms with Gasteiger partial charge in [-0.15, -0.1) is 0 Å². The van der Waals surface area contributed by atoms with Crippen molar-refractivity contribution in [3.63, 3.8) is 0 Å². The fourth-order valence-electron chi connectivity index (χ4n) is 2.28. The number of amides is 1. The van der Waals surface area contributed by atoms with Gasteiger partial charge in [0.15, 0.2) is 6.61 Å². The first kappa shape index (κ1) is 20.7. The average molecular weight is 372 g/mol. The number of hydrogen-bond donors (Lipinski definition) is 1. The maximum absolute atomic E-state index is 12.0. The van der Waals surface area contributed by atoms with Crippen molar-refractivity contribution < 1.29 is 19.0 Å². The Bertz CT molecular complexity index is 706. The molecule has 1 aromatic carbocycles. The Balaban J connectivity index is 1.73. The van der Waals surface area contributed by atoms with E-state index in [0.29, 0.717) is 31.4 Å². The second-order valence-corrected chi connectivity index (χ2v) is 7.19. The van der Waals surface area contributed by atoms with Crippen LogP contribution in [0.1, 0.15) is 31.9 Å². The van der Waals surface area contributed by atoms with E-state index in [9.17, 15) is 4.79 Å². The first-order valence-corrected chi connectivity index (χ1v) is 8.95. The Morgan fingerprint density at radius 1 is 1.04 bits per heavy atom. The molecule has 27 heavy (non-hydrogen) atoms. The summed E-state index contributed by atoms with van der Waals surface area (Å²) in [5, 5.41) is 2.81. The molecule has 0 spiro atoms. The number of carbonyl (C=O) groups excluding carboxylic acids is 1. The van der Waals surface area contributed by atoms with Crippen LogP contribution in [0, 0.1) is 0 Å². The average Bonchev–Trinajstić information content (AvgIpc) is 2.65. The Morgan fingerprint density at radius 2 is 1.78 bits per heavy atom. The van der Waals surface area contributed by atoms with Crippen molar-refractivity contribution in [1.82, 2.24) is 10.3 Å². The number of rotatable bonds is 9. The Labute approximate surface area is 160 Å². The van der Waals surface area contributed by atoms with Gasteiger partial charge in [0, 0.05) is 25.9 Å². The number of carbonyl (C=O) groups is 1. The van der Waals surface area contributed by atoms with Crippen LogP contribution in [0.15, 0.2) is 42.6 Å². The Hall–Kier alpha value is -2.60. The van der Waals surface area contributed by atoms with E-state index in [-0.39, 0.29) is 17.9 Å². The van der Waals surface area contributed by atoms with E-state index in [1.165, 1.54) is 5.56 Å². The number of hydrogen-bond acceptors (Lipinski definition) is 5. The van der Waals surface area contributed by atoms with Crippen molar-refractivity contribution in [2.45, 2.75) is 32.7 Å². The summed E-state index contributed by atoms with van der Waals surface area (Å²) >= 11 is 0. The fraction of sp³-hybridized carbons (Fsp3) is 0.429. The maximum atomic E-state index is 12.0. The van der Waals surface area contributed by atoms with Gasteiger partial charge in [-0.3, -0.25) is 4.79 Å². The Kier molecular flexibility index (Phi) is 7.61. The second kappa shape index (κ2) is 9.92. The molecular weight excluding hydrogens is 344 g/mol. The van der Waals surface area contributed by atoms with Gasteiger partial charge in [-0.05, 0) is 28.7 Å². The molecule has 1 aromatic heterocycles. The van der Waals surface area contributed by atoms with Crippen LogP contribution >= 0.6 is 0 Å². The molecule has 6 heteroatoms. The maximum Gasteiger partial charge on any atom is 0.258 e. The van der Waals surface area contributed by atoms with Crippen molar-refractivity contribution in [3.05, 3.63) is 53.7 Å². The van der Waals surface area contributed by atoms with Gasteiger partial charge in [0.2, 0.25) is 5.88 Å². The molecule has 0 aliphatic rings. The molecule has 0 fully saturated rings. The summed E-state index contributed by atoms with van der Waals surface area (Å²) in [6.45, 7) is 7.79. The predicted octanol–water partition coefficient (Wildman–Crippen LogP) is 3.10. The van der Waals surface area contributed by atoms with E-state index in [1.807, 2.05) is 30.3 Å². The van der Waals surface area contributed by atoms with Crippen LogP contribution < -0.4 is 14.8 Å². The van der Waals surface area contributed by atoms with Crippen LogP contribution in [0.4, 0.5) is 0 Å². The van der Waals surface area contributed by atoms with E-state index >= 15 is 0 Å². The second-order valence-electron chi connectivity index (χ2n) is 7.19. The van der Waals surface area contributed by atoms with Crippen molar-refractivity contribution in [1.29, 1.82) is 0 Å². The number of methoxy groups -OCH3 is 1. The van der Waals surface area contributed by atoms with Gasteiger partial charge in [-0.25, -0.2) is 4.98 Å². The first-order valence-electron chi connectivity index (χ1n) is 8.95.